The van der Waals surface area contributed by atoms with Crippen LogP contribution in [0.1, 0.15) is 25.8 Å². The summed E-state index contributed by atoms with van der Waals surface area (Å²) >= 11 is 0. The lowest BCUT2D eigenvalue weighted by atomic mass is 10.1. The molecule has 2 aromatic rings. The molecule has 2 heterocycles. The topological polar surface area (TPSA) is 96.3 Å². The van der Waals surface area contributed by atoms with Gasteiger partial charge in [-0.3, -0.25) is 14.8 Å². The Morgan fingerprint density at radius 3 is 2.81 bits per heavy atom. The number of aromatic nitrogens is 2. The van der Waals surface area contributed by atoms with Gasteiger partial charge in [0.25, 0.3) is 0 Å². The molecule has 26 heavy (non-hydrogen) atoms. The zero-order valence-electron chi connectivity index (χ0n) is 15.5. The van der Waals surface area contributed by atoms with E-state index in [4.69, 9.17) is 10.5 Å². The maximum Gasteiger partial charge on any atom is 0.237 e. The average Bonchev–Trinajstić information content (AvgIpc) is 3.21. The normalized spacial score (nSPS) is 20.5. The van der Waals surface area contributed by atoms with Crippen LogP contribution < -0.4 is 15.8 Å². The highest BCUT2D eigenvalue weighted by molar-refractivity contribution is 5.82. The van der Waals surface area contributed by atoms with Gasteiger partial charge in [-0.05, 0) is 44.5 Å². The van der Waals surface area contributed by atoms with Crippen LogP contribution in [0.25, 0.3) is 11.3 Å². The van der Waals surface area contributed by atoms with Gasteiger partial charge in [-0.25, -0.2) is 0 Å². The quantitative estimate of drug-likeness (QED) is 0.728. The first-order chi connectivity index (χ1) is 12.5. The van der Waals surface area contributed by atoms with E-state index in [1.165, 1.54) is 0 Å². The summed E-state index contributed by atoms with van der Waals surface area (Å²) in [6, 6.07) is 7.75. The number of carbonyl (C=O) groups excluding carboxylic acids is 1. The molecule has 1 aromatic carbocycles. The molecule has 0 aliphatic carbocycles. The molecule has 3 rings (SSSR count). The fourth-order valence-corrected chi connectivity index (χ4v) is 3.42. The number of nitrogens with one attached hydrogen (secondary N) is 2. The number of ether oxygens (including phenoxy) is 1. The average molecular weight is 357 g/mol. The van der Waals surface area contributed by atoms with Crippen molar-refractivity contribution in [3.05, 3.63) is 36.0 Å². The number of rotatable bonds is 6. The Labute approximate surface area is 153 Å². The van der Waals surface area contributed by atoms with Crippen LogP contribution in [0, 0.1) is 0 Å². The van der Waals surface area contributed by atoms with Gasteiger partial charge in [-0.1, -0.05) is 0 Å². The van der Waals surface area contributed by atoms with Crippen LogP contribution in [0.3, 0.4) is 0 Å². The predicted molar refractivity (Wildman–Crippen MR) is 101 cm³/mol. The molecule has 1 amide bonds. The molecule has 1 aliphatic heterocycles. The third kappa shape index (κ3) is 4.05. The lowest BCUT2D eigenvalue weighted by Crippen LogP contribution is -2.45. The molecule has 1 aromatic heterocycles. The SMILES string of the molecule is COc1ccc(-c2[nH]ncc2CN2C[C@H](N)C[C@H]2C(=O)NC(C)C)cc1. The van der Waals surface area contributed by atoms with Gasteiger partial charge in [0.2, 0.25) is 5.91 Å². The van der Waals surface area contributed by atoms with Gasteiger partial charge in [0.1, 0.15) is 5.75 Å². The van der Waals surface area contributed by atoms with E-state index in [2.05, 4.69) is 20.4 Å². The minimum atomic E-state index is -0.203. The lowest BCUT2D eigenvalue weighted by molar-refractivity contribution is -0.126. The van der Waals surface area contributed by atoms with Crippen LogP contribution in [-0.4, -0.2) is 52.8 Å². The molecule has 0 radical (unpaired) electrons. The Bertz CT molecular complexity index is 741. The van der Waals surface area contributed by atoms with E-state index in [1.54, 1.807) is 7.11 Å². The highest BCUT2D eigenvalue weighted by Crippen LogP contribution is 2.27. The number of methoxy groups -OCH3 is 1. The van der Waals surface area contributed by atoms with Crippen molar-refractivity contribution in [2.75, 3.05) is 13.7 Å². The maximum absolute atomic E-state index is 12.5. The van der Waals surface area contributed by atoms with Gasteiger partial charge in [0.15, 0.2) is 0 Å². The molecule has 4 N–H and O–H groups in total. The number of H-pyrrole nitrogens is 1. The monoisotopic (exact) mass is 357 g/mol. The van der Waals surface area contributed by atoms with Gasteiger partial charge < -0.3 is 15.8 Å². The zero-order valence-corrected chi connectivity index (χ0v) is 15.5. The number of hydrogen-bond donors (Lipinski definition) is 3. The van der Waals surface area contributed by atoms with Gasteiger partial charge in [-0.15, -0.1) is 0 Å². The number of carbonyl (C=O) groups is 1. The van der Waals surface area contributed by atoms with Gasteiger partial charge in [-0.2, -0.15) is 5.10 Å². The highest BCUT2D eigenvalue weighted by Gasteiger charge is 2.35. The van der Waals surface area contributed by atoms with Crippen molar-refractivity contribution in [2.45, 2.75) is 44.9 Å². The summed E-state index contributed by atoms with van der Waals surface area (Å²) in [5, 5.41) is 10.3. The second-order valence-electron chi connectivity index (χ2n) is 7.10. The summed E-state index contributed by atoms with van der Waals surface area (Å²) in [5.74, 6) is 0.855. The molecule has 1 saturated heterocycles. The van der Waals surface area contributed by atoms with E-state index in [1.807, 2.05) is 44.3 Å². The second kappa shape index (κ2) is 7.88. The fourth-order valence-electron chi connectivity index (χ4n) is 3.42. The Hall–Kier alpha value is -2.38. The maximum atomic E-state index is 12.5. The molecular formula is C19H27N5O2. The van der Waals surface area contributed by atoms with Crippen molar-refractivity contribution in [3.8, 4) is 17.0 Å². The van der Waals surface area contributed by atoms with E-state index in [-0.39, 0.29) is 24.0 Å². The van der Waals surface area contributed by atoms with Crippen LogP contribution in [0.15, 0.2) is 30.5 Å². The highest BCUT2D eigenvalue weighted by atomic mass is 16.5. The number of amides is 1. The Balaban J connectivity index is 1.77. The number of benzene rings is 1. The van der Waals surface area contributed by atoms with Gasteiger partial charge in [0.05, 0.1) is 25.0 Å². The van der Waals surface area contributed by atoms with Crippen molar-refractivity contribution in [1.29, 1.82) is 0 Å². The number of likely N-dealkylation sites (tertiary alicyclic amines) is 1. The van der Waals surface area contributed by atoms with Gasteiger partial charge in [0, 0.05) is 36.3 Å². The lowest BCUT2D eigenvalue weighted by Gasteiger charge is -2.24. The smallest absolute Gasteiger partial charge is 0.237 e. The molecule has 140 valence electrons. The summed E-state index contributed by atoms with van der Waals surface area (Å²) in [5.41, 5.74) is 9.17. The molecule has 7 nitrogen and oxygen atoms in total. The van der Waals surface area contributed by atoms with E-state index >= 15 is 0 Å². The molecule has 1 fully saturated rings. The molecule has 7 heteroatoms. The van der Waals surface area contributed by atoms with E-state index < -0.39 is 0 Å². The van der Waals surface area contributed by atoms with Crippen molar-refractivity contribution < 1.29 is 9.53 Å². The van der Waals surface area contributed by atoms with Crippen molar-refractivity contribution in [2.24, 2.45) is 5.73 Å². The summed E-state index contributed by atoms with van der Waals surface area (Å²) in [6.07, 6.45) is 2.50. The first kappa shape index (κ1) is 18.4. The minimum Gasteiger partial charge on any atom is -0.497 e. The number of nitrogens with zero attached hydrogens (tertiary/aromatic N) is 2. The molecule has 0 saturated carbocycles. The zero-order chi connectivity index (χ0) is 18.7. The summed E-state index contributed by atoms with van der Waals surface area (Å²) in [7, 11) is 1.65. The predicted octanol–water partition coefficient (Wildman–Crippen LogP) is 1.51. The van der Waals surface area contributed by atoms with E-state index in [0.29, 0.717) is 19.5 Å². The molecule has 0 unspecified atom stereocenters. The third-order valence-electron chi connectivity index (χ3n) is 4.64. The molecule has 2 atom stereocenters. The number of nitrogens with two attached hydrogens (primary N) is 1. The molecule has 0 bridgehead atoms. The minimum absolute atomic E-state index is 0.00856. The standard InChI is InChI=1S/C19H27N5O2/c1-12(2)22-19(25)17-8-15(20)11-24(17)10-14-9-21-23-18(14)13-4-6-16(26-3)7-5-13/h4-7,9,12,15,17H,8,10-11,20H2,1-3H3,(H,21,23)(H,22,25)/t15-,17+/m1/s1. The van der Waals surface area contributed by atoms with Crippen LogP contribution in [0.4, 0.5) is 0 Å². The summed E-state index contributed by atoms with van der Waals surface area (Å²) < 4.78 is 5.22. The van der Waals surface area contributed by atoms with Crippen molar-refractivity contribution in [1.82, 2.24) is 20.4 Å². The van der Waals surface area contributed by atoms with Crippen LogP contribution >= 0.6 is 0 Å². The first-order valence-electron chi connectivity index (χ1n) is 8.94. The number of hydrogen-bond acceptors (Lipinski definition) is 5. The Kier molecular flexibility index (Phi) is 5.58. The third-order valence-corrected chi connectivity index (χ3v) is 4.64. The van der Waals surface area contributed by atoms with E-state index in [0.717, 1.165) is 22.6 Å². The Morgan fingerprint density at radius 1 is 1.42 bits per heavy atom. The van der Waals surface area contributed by atoms with Crippen molar-refractivity contribution >= 4 is 5.91 Å². The van der Waals surface area contributed by atoms with E-state index in [9.17, 15) is 4.79 Å². The number of aromatic amines is 1. The summed E-state index contributed by atoms with van der Waals surface area (Å²) in [4.78, 5) is 14.7. The van der Waals surface area contributed by atoms with Crippen LogP contribution in [0.2, 0.25) is 0 Å². The molecular weight excluding hydrogens is 330 g/mol. The largest absolute Gasteiger partial charge is 0.497 e. The van der Waals surface area contributed by atoms with Crippen molar-refractivity contribution in [3.63, 3.8) is 0 Å². The fraction of sp³-hybridized carbons (Fsp3) is 0.474. The summed E-state index contributed by atoms with van der Waals surface area (Å²) in [6.45, 7) is 5.26. The Morgan fingerprint density at radius 2 is 2.15 bits per heavy atom. The van der Waals surface area contributed by atoms with Crippen LogP contribution in [-0.2, 0) is 11.3 Å². The second-order valence-corrected chi connectivity index (χ2v) is 7.10. The first-order valence-corrected chi connectivity index (χ1v) is 8.94. The molecule has 0 spiro atoms. The molecule has 1 aliphatic rings. The van der Waals surface area contributed by atoms with Crippen LogP contribution in [0.5, 0.6) is 5.75 Å². The van der Waals surface area contributed by atoms with Gasteiger partial charge >= 0.3 is 0 Å².